The molecule has 1 saturated heterocycles. The topological polar surface area (TPSA) is 29.3 Å². The van der Waals surface area contributed by atoms with Crippen LogP contribution in [0.2, 0.25) is 4.34 Å². The molecule has 0 aromatic carbocycles. The van der Waals surface area contributed by atoms with Crippen molar-refractivity contribution in [3.05, 3.63) is 19.8 Å². The Bertz CT molecular complexity index is 330. The number of nitrogens with zero attached hydrogens (tertiary/aromatic N) is 1. The van der Waals surface area contributed by atoms with Gasteiger partial charge in [-0.1, -0.05) is 18.0 Å². The third-order valence-electron chi connectivity index (χ3n) is 3.05. The maximum atomic E-state index is 6.08. The Labute approximate surface area is 114 Å². The van der Waals surface area contributed by atoms with E-state index in [1.807, 2.05) is 0 Å². The van der Waals surface area contributed by atoms with Crippen LogP contribution >= 0.6 is 38.9 Å². The molecule has 0 amide bonds. The average molecular weight is 324 g/mol. The van der Waals surface area contributed by atoms with Gasteiger partial charge in [-0.05, 0) is 47.9 Å². The molecule has 2 heterocycles. The Morgan fingerprint density at radius 3 is 2.62 bits per heavy atom. The lowest BCUT2D eigenvalue weighted by Gasteiger charge is -2.33. The molecular weight excluding hydrogens is 308 g/mol. The highest BCUT2D eigenvalue weighted by Gasteiger charge is 2.23. The largest absolute Gasteiger partial charge is 0.329 e. The zero-order valence-electron chi connectivity index (χ0n) is 9.09. The smallest absolute Gasteiger partial charge is 0.107 e. The second-order valence-corrected chi connectivity index (χ2v) is 6.66. The van der Waals surface area contributed by atoms with Gasteiger partial charge < -0.3 is 5.73 Å². The first-order chi connectivity index (χ1) is 7.72. The van der Waals surface area contributed by atoms with Gasteiger partial charge in [0.05, 0.1) is 6.04 Å². The zero-order chi connectivity index (χ0) is 11.5. The fourth-order valence-electron chi connectivity index (χ4n) is 2.20. The summed E-state index contributed by atoms with van der Waals surface area (Å²) in [6.45, 7) is 2.99. The number of nitrogens with two attached hydrogens (primary N) is 1. The van der Waals surface area contributed by atoms with Crippen molar-refractivity contribution in [2.45, 2.75) is 25.3 Å². The Hall–Kier alpha value is 0.390. The Kier molecular flexibility index (Phi) is 4.67. The Morgan fingerprint density at radius 2 is 2.12 bits per heavy atom. The summed E-state index contributed by atoms with van der Waals surface area (Å²) in [5.74, 6) is 0. The quantitative estimate of drug-likeness (QED) is 0.920. The number of hydrogen-bond acceptors (Lipinski definition) is 3. The summed E-state index contributed by atoms with van der Waals surface area (Å²) >= 11 is 11.2. The first-order valence-electron chi connectivity index (χ1n) is 5.61. The summed E-state index contributed by atoms with van der Waals surface area (Å²) in [5.41, 5.74) is 5.90. The monoisotopic (exact) mass is 322 g/mol. The van der Waals surface area contributed by atoms with Gasteiger partial charge >= 0.3 is 0 Å². The molecule has 0 radical (unpaired) electrons. The van der Waals surface area contributed by atoms with Crippen LogP contribution < -0.4 is 5.73 Å². The van der Waals surface area contributed by atoms with Crippen LogP contribution in [0.3, 0.4) is 0 Å². The first kappa shape index (κ1) is 12.8. The fraction of sp³-hybridized carbons (Fsp3) is 0.636. The normalized spacial score (nSPS) is 19.9. The summed E-state index contributed by atoms with van der Waals surface area (Å²) in [4.78, 5) is 3.76. The van der Waals surface area contributed by atoms with Crippen LogP contribution in [0, 0.1) is 0 Å². The van der Waals surface area contributed by atoms with Crippen LogP contribution in [0.25, 0.3) is 0 Å². The number of halogens is 2. The molecule has 1 unspecified atom stereocenters. The third kappa shape index (κ3) is 2.79. The number of thiophene rings is 1. The highest BCUT2D eigenvalue weighted by Crippen LogP contribution is 2.37. The molecule has 1 fully saturated rings. The first-order valence-corrected chi connectivity index (χ1v) is 7.60. The van der Waals surface area contributed by atoms with Gasteiger partial charge in [-0.25, -0.2) is 0 Å². The molecule has 16 heavy (non-hydrogen) atoms. The maximum Gasteiger partial charge on any atom is 0.107 e. The van der Waals surface area contributed by atoms with E-state index in [0.717, 1.165) is 21.9 Å². The minimum absolute atomic E-state index is 0.342. The Balaban J connectivity index is 2.14. The van der Waals surface area contributed by atoms with Gasteiger partial charge in [-0.2, -0.15) is 0 Å². The molecule has 2 nitrogen and oxygen atoms in total. The van der Waals surface area contributed by atoms with E-state index in [9.17, 15) is 0 Å². The van der Waals surface area contributed by atoms with Crippen molar-refractivity contribution in [3.8, 4) is 0 Å². The SMILES string of the molecule is NCC(c1cc(Br)c(Cl)s1)N1CCCCC1. The van der Waals surface area contributed by atoms with E-state index in [0.29, 0.717) is 12.6 Å². The fourth-order valence-corrected chi connectivity index (χ4v) is 4.09. The van der Waals surface area contributed by atoms with E-state index in [1.165, 1.54) is 24.1 Å². The molecule has 1 atom stereocenters. The van der Waals surface area contributed by atoms with Crippen molar-refractivity contribution >= 4 is 38.9 Å². The summed E-state index contributed by atoms with van der Waals surface area (Å²) in [7, 11) is 0. The highest BCUT2D eigenvalue weighted by molar-refractivity contribution is 9.10. The molecule has 90 valence electrons. The number of rotatable bonds is 3. The molecule has 1 aromatic heterocycles. The molecule has 5 heteroatoms. The molecule has 0 spiro atoms. The predicted molar refractivity (Wildman–Crippen MR) is 74.2 cm³/mol. The summed E-state index contributed by atoms with van der Waals surface area (Å²) in [6, 6.07) is 2.45. The minimum atomic E-state index is 0.342. The van der Waals surface area contributed by atoms with Gasteiger partial charge in [0, 0.05) is 15.9 Å². The third-order valence-corrected chi connectivity index (χ3v) is 5.62. The van der Waals surface area contributed by atoms with Gasteiger partial charge in [0.15, 0.2) is 0 Å². The molecule has 2 rings (SSSR count). The molecule has 0 aliphatic carbocycles. The van der Waals surface area contributed by atoms with Crippen molar-refractivity contribution in [1.29, 1.82) is 0 Å². The van der Waals surface area contributed by atoms with Crippen LogP contribution in [0.15, 0.2) is 10.5 Å². The van der Waals surface area contributed by atoms with Crippen LogP contribution in [0.4, 0.5) is 0 Å². The molecule has 2 N–H and O–H groups in total. The summed E-state index contributed by atoms with van der Waals surface area (Å²) in [5, 5.41) is 0. The van der Waals surface area contributed by atoms with Crippen LogP contribution in [-0.4, -0.2) is 24.5 Å². The van der Waals surface area contributed by atoms with Crippen LogP contribution in [0.1, 0.15) is 30.2 Å². The van der Waals surface area contributed by atoms with Crippen molar-refractivity contribution in [2.75, 3.05) is 19.6 Å². The maximum absolute atomic E-state index is 6.08. The van der Waals surface area contributed by atoms with Crippen molar-refractivity contribution in [1.82, 2.24) is 4.90 Å². The minimum Gasteiger partial charge on any atom is -0.329 e. The molecule has 1 aliphatic heterocycles. The van der Waals surface area contributed by atoms with Gasteiger partial charge in [-0.15, -0.1) is 11.3 Å². The zero-order valence-corrected chi connectivity index (χ0v) is 12.2. The van der Waals surface area contributed by atoms with E-state index in [4.69, 9.17) is 17.3 Å². The lowest BCUT2D eigenvalue weighted by molar-refractivity contribution is 0.170. The molecule has 1 aromatic rings. The molecule has 1 aliphatic rings. The second-order valence-electron chi connectivity index (χ2n) is 4.12. The van der Waals surface area contributed by atoms with Crippen molar-refractivity contribution in [2.24, 2.45) is 5.73 Å². The number of piperidine rings is 1. The summed E-state index contributed by atoms with van der Waals surface area (Å²) in [6.07, 6.45) is 3.93. The van der Waals surface area contributed by atoms with E-state index in [2.05, 4.69) is 26.9 Å². The standard InChI is InChI=1S/C11H16BrClN2S/c12-8-6-10(16-11(8)13)9(7-14)15-4-2-1-3-5-15/h6,9H,1-5,7,14H2. The number of hydrogen-bond donors (Lipinski definition) is 1. The lowest BCUT2D eigenvalue weighted by Crippen LogP contribution is -2.37. The van der Waals surface area contributed by atoms with E-state index in [-0.39, 0.29) is 0 Å². The van der Waals surface area contributed by atoms with Crippen LogP contribution in [0.5, 0.6) is 0 Å². The molecule has 0 bridgehead atoms. The van der Waals surface area contributed by atoms with E-state index >= 15 is 0 Å². The van der Waals surface area contributed by atoms with E-state index in [1.54, 1.807) is 11.3 Å². The Morgan fingerprint density at radius 1 is 1.44 bits per heavy atom. The summed E-state index contributed by atoms with van der Waals surface area (Å²) < 4.78 is 1.81. The lowest BCUT2D eigenvalue weighted by atomic mass is 10.1. The predicted octanol–water partition coefficient (Wildman–Crippen LogP) is 3.65. The molecule has 0 saturated carbocycles. The van der Waals surface area contributed by atoms with Gasteiger partial charge in [0.1, 0.15) is 4.34 Å². The average Bonchev–Trinajstić information content (AvgIpc) is 2.61. The second kappa shape index (κ2) is 5.83. The van der Waals surface area contributed by atoms with E-state index < -0.39 is 0 Å². The molecular formula is C11H16BrClN2S. The number of likely N-dealkylation sites (tertiary alicyclic amines) is 1. The highest BCUT2D eigenvalue weighted by atomic mass is 79.9. The van der Waals surface area contributed by atoms with Gasteiger partial charge in [0.25, 0.3) is 0 Å². The van der Waals surface area contributed by atoms with Crippen LogP contribution in [-0.2, 0) is 0 Å². The van der Waals surface area contributed by atoms with Gasteiger partial charge in [0.2, 0.25) is 0 Å². The van der Waals surface area contributed by atoms with Crippen molar-refractivity contribution in [3.63, 3.8) is 0 Å². The van der Waals surface area contributed by atoms with Crippen molar-refractivity contribution < 1.29 is 0 Å². The van der Waals surface area contributed by atoms with Gasteiger partial charge in [-0.3, -0.25) is 4.90 Å².